The van der Waals surface area contributed by atoms with Crippen LogP contribution >= 0.6 is 0 Å². The van der Waals surface area contributed by atoms with E-state index in [0.717, 1.165) is 11.3 Å². The maximum absolute atomic E-state index is 12.7. The van der Waals surface area contributed by atoms with Gasteiger partial charge in [-0.1, -0.05) is 0 Å². The number of nitrogens with one attached hydrogen (secondary N) is 1. The predicted octanol–water partition coefficient (Wildman–Crippen LogP) is 0.919. The van der Waals surface area contributed by atoms with Gasteiger partial charge in [0.15, 0.2) is 0 Å². The summed E-state index contributed by atoms with van der Waals surface area (Å²) < 4.78 is 7.55. The number of fused-ring (bicyclic) bond motifs is 1. The van der Waals surface area contributed by atoms with Crippen LogP contribution in [0.1, 0.15) is 61.5 Å². The van der Waals surface area contributed by atoms with Crippen LogP contribution in [-0.4, -0.2) is 33.7 Å². The van der Waals surface area contributed by atoms with E-state index in [1.54, 1.807) is 4.68 Å². The molecule has 1 aromatic heterocycles. The molecule has 2 atom stereocenters. The van der Waals surface area contributed by atoms with Crippen LogP contribution in [0.3, 0.4) is 0 Å². The first-order chi connectivity index (χ1) is 10.9. The standard InChI is InChI=1S/C16H24N4O3/c1-4-20-14(12-5-8(2)23-9(3)13(12)19-20)16(22)18-11-6-10(7-11)15(17)21/h8-11H,4-7H2,1-3H3,(H2,17,21)(H,18,22)/t8-,9+,10?,11?/m0/s1. The molecule has 126 valence electrons. The third kappa shape index (κ3) is 2.85. The molecular formula is C16H24N4O3. The van der Waals surface area contributed by atoms with Crippen molar-refractivity contribution in [2.75, 3.05) is 0 Å². The van der Waals surface area contributed by atoms with Crippen molar-refractivity contribution in [2.45, 2.75) is 64.8 Å². The van der Waals surface area contributed by atoms with Gasteiger partial charge in [-0.25, -0.2) is 0 Å². The maximum Gasteiger partial charge on any atom is 0.270 e. The third-order valence-corrected chi connectivity index (χ3v) is 4.78. The lowest BCUT2D eigenvalue weighted by atomic mass is 9.79. The molecule has 1 aliphatic heterocycles. The Hall–Kier alpha value is -1.89. The van der Waals surface area contributed by atoms with Crippen LogP contribution in [0.5, 0.6) is 0 Å². The topological polar surface area (TPSA) is 99.2 Å². The molecule has 0 radical (unpaired) electrons. The lowest BCUT2D eigenvalue weighted by Crippen LogP contribution is -2.48. The minimum absolute atomic E-state index is 0.0190. The van der Waals surface area contributed by atoms with Gasteiger partial charge in [-0.15, -0.1) is 0 Å². The number of rotatable bonds is 4. The van der Waals surface area contributed by atoms with Gasteiger partial charge in [-0.3, -0.25) is 14.3 Å². The van der Waals surface area contributed by atoms with E-state index in [2.05, 4.69) is 10.4 Å². The van der Waals surface area contributed by atoms with Gasteiger partial charge >= 0.3 is 0 Å². The van der Waals surface area contributed by atoms with Crippen molar-refractivity contribution < 1.29 is 14.3 Å². The van der Waals surface area contributed by atoms with Gasteiger partial charge in [-0.05, 0) is 33.6 Å². The van der Waals surface area contributed by atoms with Gasteiger partial charge in [-0.2, -0.15) is 5.10 Å². The lowest BCUT2D eigenvalue weighted by molar-refractivity contribution is -0.124. The second kappa shape index (κ2) is 5.96. The third-order valence-electron chi connectivity index (χ3n) is 4.78. The van der Waals surface area contributed by atoms with E-state index in [1.165, 1.54) is 0 Å². The first-order valence-electron chi connectivity index (χ1n) is 8.25. The van der Waals surface area contributed by atoms with Gasteiger partial charge in [0.1, 0.15) is 5.69 Å². The van der Waals surface area contributed by atoms with Crippen molar-refractivity contribution in [3.05, 3.63) is 17.0 Å². The van der Waals surface area contributed by atoms with Gasteiger partial charge in [0.05, 0.1) is 17.9 Å². The summed E-state index contributed by atoms with van der Waals surface area (Å²) in [7, 11) is 0. The highest BCUT2D eigenvalue weighted by Gasteiger charge is 2.36. The maximum atomic E-state index is 12.7. The molecule has 2 amide bonds. The fourth-order valence-corrected chi connectivity index (χ4v) is 3.50. The summed E-state index contributed by atoms with van der Waals surface area (Å²) in [5.74, 6) is -0.514. The van der Waals surface area contributed by atoms with E-state index in [1.807, 2.05) is 20.8 Å². The Labute approximate surface area is 135 Å². The van der Waals surface area contributed by atoms with Crippen molar-refractivity contribution in [1.29, 1.82) is 0 Å². The number of ether oxygens (including phenoxy) is 1. The van der Waals surface area contributed by atoms with E-state index >= 15 is 0 Å². The fraction of sp³-hybridized carbons (Fsp3) is 0.688. The zero-order valence-corrected chi connectivity index (χ0v) is 13.8. The zero-order valence-electron chi connectivity index (χ0n) is 13.8. The molecular weight excluding hydrogens is 296 g/mol. The van der Waals surface area contributed by atoms with E-state index in [0.29, 0.717) is 31.5 Å². The second-order valence-electron chi connectivity index (χ2n) is 6.56. The number of aryl methyl sites for hydroxylation is 1. The van der Waals surface area contributed by atoms with Crippen LogP contribution in [0, 0.1) is 5.92 Å². The molecule has 0 aromatic carbocycles. The SMILES string of the molecule is CCn1nc2c(c1C(=O)NC1CC(C(N)=O)C1)C[C@H](C)O[C@@H]2C. The van der Waals surface area contributed by atoms with Gasteiger partial charge in [0.25, 0.3) is 5.91 Å². The first kappa shape index (κ1) is 16.0. The molecule has 7 heteroatoms. The van der Waals surface area contributed by atoms with Crippen LogP contribution in [-0.2, 0) is 22.5 Å². The quantitative estimate of drug-likeness (QED) is 0.861. The number of amides is 2. The summed E-state index contributed by atoms with van der Waals surface area (Å²) in [6.45, 7) is 6.57. The summed E-state index contributed by atoms with van der Waals surface area (Å²) in [4.78, 5) is 23.8. The van der Waals surface area contributed by atoms with E-state index in [9.17, 15) is 9.59 Å². The van der Waals surface area contributed by atoms with Gasteiger partial charge < -0.3 is 15.8 Å². The normalized spacial score (nSPS) is 29.5. The summed E-state index contributed by atoms with van der Waals surface area (Å²) in [6.07, 6.45) is 1.91. The van der Waals surface area contributed by atoms with E-state index in [4.69, 9.17) is 10.5 Å². The molecule has 1 fully saturated rings. The summed E-state index contributed by atoms with van der Waals surface area (Å²) in [5, 5.41) is 7.57. The summed E-state index contributed by atoms with van der Waals surface area (Å²) in [6, 6.07) is 0.0190. The number of carbonyl (C=O) groups excluding carboxylic acids is 2. The van der Waals surface area contributed by atoms with Crippen LogP contribution < -0.4 is 11.1 Å². The molecule has 0 spiro atoms. The predicted molar refractivity (Wildman–Crippen MR) is 83.7 cm³/mol. The molecule has 2 aliphatic rings. The van der Waals surface area contributed by atoms with Crippen molar-refractivity contribution in [1.82, 2.24) is 15.1 Å². The van der Waals surface area contributed by atoms with Crippen molar-refractivity contribution in [2.24, 2.45) is 11.7 Å². The molecule has 0 bridgehead atoms. The van der Waals surface area contributed by atoms with E-state index < -0.39 is 0 Å². The fourth-order valence-electron chi connectivity index (χ4n) is 3.50. The monoisotopic (exact) mass is 320 g/mol. The molecule has 1 aliphatic carbocycles. The molecule has 23 heavy (non-hydrogen) atoms. The first-order valence-corrected chi connectivity index (χ1v) is 8.25. The number of hydrogen-bond donors (Lipinski definition) is 2. The minimum Gasteiger partial charge on any atom is -0.369 e. The number of primary amides is 1. The largest absolute Gasteiger partial charge is 0.369 e. The Balaban J connectivity index is 1.79. The van der Waals surface area contributed by atoms with Crippen LogP contribution in [0.25, 0.3) is 0 Å². The highest BCUT2D eigenvalue weighted by molar-refractivity contribution is 5.95. The lowest BCUT2D eigenvalue weighted by Gasteiger charge is -2.33. The number of nitrogens with two attached hydrogens (primary N) is 1. The number of carbonyl (C=O) groups is 2. The Kier molecular flexibility index (Phi) is 4.14. The molecule has 2 heterocycles. The Bertz CT molecular complexity index is 634. The summed E-state index contributed by atoms with van der Waals surface area (Å²) in [5.41, 5.74) is 7.75. The van der Waals surface area contributed by atoms with Crippen molar-refractivity contribution >= 4 is 11.8 Å². The molecule has 0 unspecified atom stereocenters. The highest BCUT2D eigenvalue weighted by atomic mass is 16.5. The van der Waals surface area contributed by atoms with Crippen molar-refractivity contribution in [3.8, 4) is 0 Å². The molecule has 1 aromatic rings. The highest BCUT2D eigenvalue weighted by Crippen LogP contribution is 2.32. The van der Waals surface area contributed by atoms with Crippen LogP contribution in [0.15, 0.2) is 0 Å². The second-order valence-corrected chi connectivity index (χ2v) is 6.56. The number of hydrogen-bond acceptors (Lipinski definition) is 4. The Morgan fingerprint density at radius 3 is 2.70 bits per heavy atom. The zero-order chi connectivity index (χ0) is 16.7. The van der Waals surface area contributed by atoms with Crippen molar-refractivity contribution in [3.63, 3.8) is 0 Å². The molecule has 3 rings (SSSR count). The Morgan fingerprint density at radius 2 is 2.09 bits per heavy atom. The number of nitrogens with zero attached hydrogens (tertiary/aromatic N) is 2. The van der Waals surface area contributed by atoms with Gasteiger partial charge in [0, 0.05) is 30.5 Å². The minimum atomic E-state index is -0.286. The molecule has 7 nitrogen and oxygen atoms in total. The molecule has 0 saturated heterocycles. The molecule has 3 N–H and O–H groups in total. The van der Waals surface area contributed by atoms with Crippen LogP contribution in [0.4, 0.5) is 0 Å². The average Bonchev–Trinajstić information content (AvgIpc) is 2.80. The van der Waals surface area contributed by atoms with Gasteiger partial charge in [0.2, 0.25) is 5.91 Å². The summed E-state index contributed by atoms with van der Waals surface area (Å²) >= 11 is 0. The average molecular weight is 320 g/mol. The number of aromatic nitrogens is 2. The smallest absolute Gasteiger partial charge is 0.270 e. The van der Waals surface area contributed by atoms with Crippen LogP contribution in [0.2, 0.25) is 0 Å². The Morgan fingerprint density at radius 1 is 1.39 bits per heavy atom. The molecule has 1 saturated carbocycles. The van der Waals surface area contributed by atoms with E-state index in [-0.39, 0.29) is 36.0 Å².